The fourth-order valence-electron chi connectivity index (χ4n) is 1.28. The number of hydrogen-bond donors (Lipinski definition) is 1. The van der Waals surface area contributed by atoms with Crippen LogP contribution in [0.5, 0.6) is 0 Å². The molecule has 1 N–H and O–H groups in total. The van der Waals surface area contributed by atoms with Crippen molar-refractivity contribution in [3.8, 4) is 0 Å². The summed E-state index contributed by atoms with van der Waals surface area (Å²) in [5, 5.41) is 8.73. The second kappa shape index (κ2) is 5.28. The molecule has 74 valence electrons. The third-order valence-corrected chi connectivity index (χ3v) is 2.04. The molecule has 0 heterocycles. The van der Waals surface area contributed by atoms with Crippen LogP contribution in [0.25, 0.3) is 6.08 Å². The summed E-state index contributed by atoms with van der Waals surface area (Å²) in [5.74, 6) is 0. The Labute approximate surface area is 85.4 Å². The van der Waals surface area contributed by atoms with Gasteiger partial charge in [0.25, 0.3) is 0 Å². The molecule has 0 fully saturated rings. The van der Waals surface area contributed by atoms with Gasteiger partial charge in [-0.3, -0.25) is 0 Å². The Morgan fingerprint density at radius 1 is 1.29 bits per heavy atom. The van der Waals surface area contributed by atoms with Crippen molar-refractivity contribution in [1.82, 2.24) is 0 Å². The number of aliphatic hydroxyl groups is 1. The number of benzene rings is 1. The van der Waals surface area contributed by atoms with E-state index in [1.54, 1.807) is 6.08 Å². The van der Waals surface area contributed by atoms with E-state index in [1.807, 2.05) is 18.2 Å². The van der Waals surface area contributed by atoms with Gasteiger partial charge in [0, 0.05) is 0 Å². The van der Waals surface area contributed by atoms with Crippen LogP contribution in [-0.4, -0.2) is 5.11 Å². The zero-order chi connectivity index (χ0) is 10.4. The molecule has 0 unspecified atom stereocenters. The van der Waals surface area contributed by atoms with Gasteiger partial charge < -0.3 is 5.11 Å². The monoisotopic (exact) mass is 188 g/mol. The predicted octanol–water partition coefficient (Wildman–Crippen LogP) is 3.72. The van der Waals surface area contributed by atoms with Crippen molar-refractivity contribution in [3.63, 3.8) is 0 Å². The highest BCUT2D eigenvalue weighted by Crippen LogP contribution is 2.12. The Kier molecular flexibility index (Phi) is 3.99. The third-order valence-electron chi connectivity index (χ3n) is 2.04. The molecule has 0 aliphatic carbocycles. The maximum atomic E-state index is 8.73. The highest BCUT2D eigenvalue weighted by atomic mass is 16.2. The second-order valence-electron chi connectivity index (χ2n) is 3.50. The molecule has 0 aromatic heterocycles. The van der Waals surface area contributed by atoms with Gasteiger partial charge in [-0.25, -0.2) is 0 Å². The van der Waals surface area contributed by atoms with E-state index < -0.39 is 0 Å². The topological polar surface area (TPSA) is 20.2 Å². The Morgan fingerprint density at radius 2 is 2.00 bits per heavy atom. The van der Waals surface area contributed by atoms with E-state index in [9.17, 15) is 0 Å². The van der Waals surface area contributed by atoms with Gasteiger partial charge in [-0.1, -0.05) is 35.9 Å². The fraction of sp³-hybridized carbons (Fsp3) is 0.231. The minimum Gasteiger partial charge on any atom is -0.516 e. The van der Waals surface area contributed by atoms with Crippen molar-refractivity contribution in [2.24, 2.45) is 0 Å². The third kappa shape index (κ3) is 3.09. The van der Waals surface area contributed by atoms with Crippen LogP contribution >= 0.6 is 0 Å². The Balaban J connectivity index is 2.90. The molecule has 0 aliphatic heterocycles. The average molecular weight is 188 g/mol. The zero-order valence-corrected chi connectivity index (χ0v) is 8.70. The second-order valence-corrected chi connectivity index (χ2v) is 3.50. The summed E-state index contributed by atoms with van der Waals surface area (Å²) >= 11 is 0. The summed E-state index contributed by atoms with van der Waals surface area (Å²) in [6.07, 6.45) is 5.91. The average Bonchev–Trinajstić information content (AvgIpc) is 2.17. The lowest BCUT2D eigenvalue weighted by Gasteiger charge is -2.02. The molecule has 1 aromatic carbocycles. The molecule has 0 saturated carbocycles. The van der Waals surface area contributed by atoms with Crippen LogP contribution in [0.15, 0.2) is 42.2 Å². The summed E-state index contributed by atoms with van der Waals surface area (Å²) in [5.41, 5.74) is 3.62. The maximum Gasteiger partial charge on any atom is 0.0797 e. The summed E-state index contributed by atoms with van der Waals surface area (Å²) in [6, 6.07) is 8.07. The lowest BCUT2D eigenvalue weighted by Crippen LogP contribution is -1.86. The molecule has 1 heteroatoms. The van der Waals surface area contributed by atoms with E-state index in [4.69, 9.17) is 5.11 Å². The number of rotatable bonds is 3. The van der Waals surface area contributed by atoms with E-state index in [2.05, 4.69) is 26.0 Å². The standard InChI is InChI=1S/C13H16O/c1-11(2)7-8-12-5-3-4-6-13(12)9-10-14/h3-7,9-10,14H,8H2,1-2H3. The van der Waals surface area contributed by atoms with Crippen molar-refractivity contribution in [2.75, 3.05) is 0 Å². The molecule has 0 aliphatic rings. The van der Waals surface area contributed by atoms with Gasteiger partial charge in [-0.15, -0.1) is 0 Å². The van der Waals surface area contributed by atoms with Gasteiger partial charge in [0.15, 0.2) is 0 Å². The summed E-state index contributed by atoms with van der Waals surface area (Å²) in [6.45, 7) is 4.18. The Bertz CT molecular complexity index is 344. The smallest absolute Gasteiger partial charge is 0.0797 e. The quantitative estimate of drug-likeness (QED) is 0.566. The first kappa shape index (κ1) is 10.6. The molecule has 0 spiro atoms. The molecular formula is C13H16O. The number of aliphatic hydroxyl groups excluding tert-OH is 1. The Morgan fingerprint density at radius 3 is 2.64 bits per heavy atom. The highest BCUT2D eigenvalue weighted by Gasteiger charge is 1.95. The van der Waals surface area contributed by atoms with Crippen molar-refractivity contribution in [1.29, 1.82) is 0 Å². The van der Waals surface area contributed by atoms with Crippen LogP contribution < -0.4 is 0 Å². The molecule has 0 amide bonds. The maximum absolute atomic E-state index is 8.73. The molecule has 0 bridgehead atoms. The van der Waals surface area contributed by atoms with Crippen LogP contribution in [0.2, 0.25) is 0 Å². The fourth-order valence-corrected chi connectivity index (χ4v) is 1.28. The first-order valence-corrected chi connectivity index (χ1v) is 4.76. The van der Waals surface area contributed by atoms with Gasteiger partial charge in [-0.05, 0) is 37.5 Å². The lowest BCUT2D eigenvalue weighted by atomic mass is 10.0. The summed E-state index contributed by atoms with van der Waals surface area (Å²) < 4.78 is 0. The minimum atomic E-state index is 0.919. The summed E-state index contributed by atoms with van der Waals surface area (Å²) in [4.78, 5) is 0. The normalized spacial score (nSPS) is 10.4. The zero-order valence-electron chi connectivity index (χ0n) is 8.70. The molecular weight excluding hydrogens is 172 g/mol. The van der Waals surface area contributed by atoms with E-state index in [0.29, 0.717) is 0 Å². The largest absolute Gasteiger partial charge is 0.516 e. The van der Waals surface area contributed by atoms with Crippen LogP contribution in [0.1, 0.15) is 25.0 Å². The highest BCUT2D eigenvalue weighted by molar-refractivity contribution is 5.53. The molecule has 1 rings (SSSR count). The minimum absolute atomic E-state index is 0.919. The van der Waals surface area contributed by atoms with Crippen molar-refractivity contribution < 1.29 is 5.11 Å². The molecule has 0 radical (unpaired) electrons. The van der Waals surface area contributed by atoms with Crippen molar-refractivity contribution >= 4 is 6.08 Å². The lowest BCUT2D eigenvalue weighted by molar-refractivity contribution is 0.478. The van der Waals surface area contributed by atoms with Gasteiger partial charge in [0.05, 0.1) is 6.26 Å². The molecule has 1 aromatic rings. The van der Waals surface area contributed by atoms with E-state index >= 15 is 0 Å². The Hall–Kier alpha value is -1.50. The van der Waals surface area contributed by atoms with Gasteiger partial charge >= 0.3 is 0 Å². The molecule has 0 saturated heterocycles. The van der Waals surface area contributed by atoms with Gasteiger partial charge in [0.1, 0.15) is 0 Å². The molecule has 14 heavy (non-hydrogen) atoms. The summed E-state index contributed by atoms with van der Waals surface area (Å²) in [7, 11) is 0. The van der Waals surface area contributed by atoms with Gasteiger partial charge in [-0.2, -0.15) is 0 Å². The first-order valence-electron chi connectivity index (χ1n) is 4.76. The van der Waals surface area contributed by atoms with Crippen molar-refractivity contribution in [3.05, 3.63) is 53.3 Å². The SMILES string of the molecule is CC(C)=CCc1ccccc1C=CO. The van der Waals surface area contributed by atoms with Crippen molar-refractivity contribution in [2.45, 2.75) is 20.3 Å². The molecule has 1 nitrogen and oxygen atoms in total. The van der Waals surface area contributed by atoms with E-state index in [0.717, 1.165) is 18.2 Å². The molecule has 0 atom stereocenters. The van der Waals surface area contributed by atoms with Gasteiger partial charge in [0.2, 0.25) is 0 Å². The van der Waals surface area contributed by atoms with Crippen LogP contribution in [0.3, 0.4) is 0 Å². The van der Waals surface area contributed by atoms with E-state index in [-0.39, 0.29) is 0 Å². The van der Waals surface area contributed by atoms with Crippen LogP contribution in [0, 0.1) is 0 Å². The predicted molar refractivity (Wildman–Crippen MR) is 61.2 cm³/mol. The van der Waals surface area contributed by atoms with Crippen LogP contribution in [0.4, 0.5) is 0 Å². The number of allylic oxidation sites excluding steroid dienone is 2. The van der Waals surface area contributed by atoms with Crippen LogP contribution in [-0.2, 0) is 6.42 Å². The van der Waals surface area contributed by atoms with E-state index in [1.165, 1.54) is 11.1 Å². The number of hydrogen-bond acceptors (Lipinski definition) is 1. The first-order chi connectivity index (χ1) is 6.74.